The van der Waals surface area contributed by atoms with Crippen LogP contribution in [0.5, 0.6) is 5.75 Å². The highest BCUT2D eigenvalue weighted by molar-refractivity contribution is 5.91. The number of nitrogens with two attached hydrogens (primary N) is 1. The van der Waals surface area contributed by atoms with Crippen LogP contribution in [0.2, 0.25) is 0 Å². The van der Waals surface area contributed by atoms with Crippen LogP contribution in [0.4, 0.5) is 11.6 Å². The van der Waals surface area contributed by atoms with Gasteiger partial charge in [-0.2, -0.15) is 10.2 Å². The van der Waals surface area contributed by atoms with E-state index in [1.807, 2.05) is 81.2 Å². The molecule has 81 heavy (non-hydrogen) atoms. The molecule has 6 aromatic rings. The Bertz CT molecular complexity index is 3170. The number of rotatable bonds is 16. The number of phenols is 1. The van der Waals surface area contributed by atoms with E-state index < -0.39 is 18.1 Å². The Morgan fingerprint density at radius 1 is 0.864 bits per heavy atom. The minimum absolute atomic E-state index is 0.0860. The van der Waals surface area contributed by atoms with Gasteiger partial charge in [0.25, 0.3) is 0 Å². The number of hydrogen-bond donors (Lipinski definition) is 4. The largest absolute Gasteiger partial charge is 0.507 e. The number of piperidine rings is 3. The van der Waals surface area contributed by atoms with Crippen molar-refractivity contribution in [3.63, 3.8) is 0 Å². The van der Waals surface area contributed by atoms with Gasteiger partial charge in [0, 0.05) is 82.8 Å². The predicted molar refractivity (Wildman–Crippen MR) is 308 cm³/mol. The summed E-state index contributed by atoms with van der Waals surface area (Å²) in [5.74, 6) is 7.79. The molecular formula is C62H79N13O6. The number of ether oxygens (including phenoxy) is 1. The van der Waals surface area contributed by atoms with E-state index in [0.29, 0.717) is 52.7 Å². The molecule has 0 unspecified atom stereocenters. The maximum absolute atomic E-state index is 14.4. The molecule has 0 spiro atoms. The van der Waals surface area contributed by atoms with E-state index >= 15 is 0 Å². The van der Waals surface area contributed by atoms with E-state index in [1.54, 1.807) is 36.7 Å². The van der Waals surface area contributed by atoms with Crippen LogP contribution in [0.25, 0.3) is 22.5 Å². The Hall–Kier alpha value is -7.11. The Kier molecular flexibility index (Phi) is 16.9. The van der Waals surface area contributed by atoms with Crippen LogP contribution in [0.15, 0.2) is 89.8 Å². The zero-order valence-electron chi connectivity index (χ0n) is 47.5. The first-order chi connectivity index (χ1) is 39.2. The number of carbonyl (C=O) groups excluding carboxylic acids is 2. The molecule has 0 radical (unpaired) electrons. The first kappa shape index (κ1) is 55.8. The van der Waals surface area contributed by atoms with E-state index in [-0.39, 0.29) is 54.3 Å². The van der Waals surface area contributed by atoms with Crippen LogP contribution >= 0.6 is 0 Å². The Balaban J connectivity index is 0.580. The number of hydrogen-bond acceptors (Lipinski definition) is 15. The molecular weight excluding hydrogens is 1020 g/mol. The van der Waals surface area contributed by atoms with Gasteiger partial charge in [0.05, 0.1) is 59.1 Å². The van der Waals surface area contributed by atoms with Crippen molar-refractivity contribution in [1.29, 1.82) is 0 Å². The maximum Gasteiger partial charge on any atom is 0.243 e. The number of nitrogen functional groups attached to an aromatic ring is 1. The molecule has 1 saturated carbocycles. The third-order valence-electron chi connectivity index (χ3n) is 18.1. The van der Waals surface area contributed by atoms with Crippen LogP contribution in [-0.2, 0) is 21.4 Å². The summed E-state index contributed by atoms with van der Waals surface area (Å²) < 4.78 is 16.5. The molecule has 5 aliphatic rings. The van der Waals surface area contributed by atoms with Crippen LogP contribution in [0, 0.1) is 29.6 Å². The number of carbonyl (C=O) groups is 2. The average molecular weight is 1100 g/mol. The zero-order valence-corrected chi connectivity index (χ0v) is 47.5. The van der Waals surface area contributed by atoms with Gasteiger partial charge >= 0.3 is 0 Å². The number of aromatic nitrogens is 7. The van der Waals surface area contributed by atoms with Crippen LogP contribution in [0.3, 0.4) is 0 Å². The summed E-state index contributed by atoms with van der Waals surface area (Å²) in [6.07, 6.45) is 14.5. The van der Waals surface area contributed by atoms with Crippen LogP contribution < -0.4 is 16.0 Å². The number of phenolic OH excluding ortho intramolecular Hbond substituents is 1. The second-order valence-electron chi connectivity index (χ2n) is 23.8. The molecule has 5 atom stereocenters. The van der Waals surface area contributed by atoms with Crippen LogP contribution in [-0.4, -0.2) is 154 Å². The first-order valence-corrected chi connectivity index (χ1v) is 29.4. The normalized spacial score (nSPS) is 22.8. The summed E-state index contributed by atoms with van der Waals surface area (Å²) >= 11 is 0. The molecule has 5 N–H and O–H groups in total. The van der Waals surface area contributed by atoms with Gasteiger partial charge in [-0.05, 0) is 131 Å². The number of aliphatic hydroxyl groups excluding tert-OH is 1. The van der Waals surface area contributed by atoms with E-state index in [0.717, 1.165) is 125 Å². The minimum atomic E-state index is -0.801. The topological polar surface area (TPSA) is 222 Å². The number of para-hydroxylation sites is 1. The Morgan fingerprint density at radius 2 is 1.62 bits per heavy atom. The number of β-amino-alcohol motifs (C(OH)–C–C–N with tert-alkyl or cyclic N) is 1. The van der Waals surface area contributed by atoms with E-state index in [2.05, 4.69) is 63.9 Å². The molecule has 2 aromatic carbocycles. The van der Waals surface area contributed by atoms with Crippen molar-refractivity contribution in [2.24, 2.45) is 24.8 Å². The van der Waals surface area contributed by atoms with Crippen molar-refractivity contribution in [3.05, 3.63) is 108 Å². The van der Waals surface area contributed by atoms with Gasteiger partial charge in [-0.15, -0.1) is 10.2 Å². The van der Waals surface area contributed by atoms with Crippen molar-refractivity contribution < 1.29 is 29.1 Å². The number of amides is 2. The number of benzene rings is 2. The van der Waals surface area contributed by atoms with E-state index in [4.69, 9.17) is 20.1 Å². The van der Waals surface area contributed by atoms with Gasteiger partial charge in [0.2, 0.25) is 11.8 Å². The lowest BCUT2D eigenvalue weighted by molar-refractivity contribution is -0.141. The number of anilines is 2. The fraction of sp³-hybridized carbons (Fsp3) is 0.532. The number of likely N-dealkylation sites (tertiary alicyclic amines) is 3. The molecule has 19 heteroatoms. The molecule has 4 aliphatic heterocycles. The fourth-order valence-corrected chi connectivity index (χ4v) is 13.0. The Labute approximate surface area is 475 Å². The molecule has 4 aromatic heterocycles. The average Bonchev–Trinajstić information content (AvgIpc) is 4.33. The van der Waals surface area contributed by atoms with Gasteiger partial charge < -0.3 is 50.1 Å². The van der Waals surface area contributed by atoms with Gasteiger partial charge in [-0.1, -0.05) is 67.2 Å². The van der Waals surface area contributed by atoms with E-state index in [9.17, 15) is 19.8 Å². The quantitative estimate of drug-likeness (QED) is 0.0704. The van der Waals surface area contributed by atoms with Crippen molar-refractivity contribution >= 4 is 23.5 Å². The predicted octanol–water partition coefficient (Wildman–Crippen LogP) is 7.20. The molecule has 8 heterocycles. The second kappa shape index (κ2) is 24.5. The van der Waals surface area contributed by atoms with Gasteiger partial charge in [0.1, 0.15) is 17.7 Å². The third-order valence-corrected chi connectivity index (χ3v) is 18.1. The molecule has 428 valence electrons. The lowest BCUT2D eigenvalue weighted by Crippen LogP contribution is -2.52. The molecule has 0 bridgehead atoms. The van der Waals surface area contributed by atoms with E-state index in [1.165, 1.54) is 4.90 Å². The lowest BCUT2D eigenvalue weighted by atomic mass is 9.83. The highest BCUT2D eigenvalue weighted by atomic mass is 16.5. The van der Waals surface area contributed by atoms with Crippen molar-refractivity contribution in [1.82, 2.24) is 54.9 Å². The monoisotopic (exact) mass is 1100 g/mol. The van der Waals surface area contributed by atoms with Crippen molar-refractivity contribution in [2.75, 3.05) is 63.0 Å². The van der Waals surface area contributed by atoms with Gasteiger partial charge in [0.15, 0.2) is 17.4 Å². The van der Waals surface area contributed by atoms with Crippen molar-refractivity contribution in [3.8, 4) is 40.1 Å². The fourth-order valence-electron chi connectivity index (χ4n) is 13.0. The highest BCUT2D eigenvalue weighted by Crippen LogP contribution is 2.38. The molecule has 2 amide bonds. The minimum Gasteiger partial charge on any atom is -0.507 e. The summed E-state index contributed by atoms with van der Waals surface area (Å²) in [4.78, 5) is 37.4. The van der Waals surface area contributed by atoms with Crippen molar-refractivity contribution in [2.45, 2.75) is 134 Å². The molecule has 19 nitrogen and oxygen atoms in total. The smallest absolute Gasteiger partial charge is 0.243 e. The summed E-state index contributed by atoms with van der Waals surface area (Å²) in [6, 6.07) is 20.4. The SMILES string of the molecule is CC(C)[C@@H](C(=O)N1C[C@H](O)C[C@H]1C(=O)N[C@@H](C)c1ccc(-c2ccnn2C)cc1)c1cc(N2CCC(CN3CCC(OC4CC(N5CCC([C@@H](C)n6cc(C#Cc7cc(-c8ccccc8O)nnc7N)cn6)CC5)C4)CC3)CC2)no1. The molecule has 5 fully saturated rings. The number of nitrogens with zero attached hydrogens (tertiary/aromatic N) is 11. The summed E-state index contributed by atoms with van der Waals surface area (Å²) in [5, 5.41) is 45.9. The molecule has 1 aliphatic carbocycles. The lowest BCUT2D eigenvalue weighted by Gasteiger charge is -2.47. The third kappa shape index (κ3) is 12.7. The number of aryl methyl sites for hydroxylation is 1. The first-order valence-electron chi connectivity index (χ1n) is 29.4. The highest BCUT2D eigenvalue weighted by Gasteiger charge is 2.44. The van der Waals surface area contributed by atoms with Gasteiger partial charge in [-0.25, -0.2) is 0 Å². The summed E-state index contributed by atoms with van der Waals surface area (Å²) in [6.45, 7) is 15.4. The van der Waals surface area contributed by atoms with Gasteiger partial charge in [-0.3, -0.25) is 19.0 Å². The number of aliphatic hydroxyl groups is 1. The summed E-state index contributed by atoms with van der Waals surface area (Å²) in [5.41, 5.74) is 11.5. The van der Waals surface area contributed by atoms with Crippen LogP contribution in [0.1, 0.15) is 126 Å². The standard InChI is InChI=1S/C62H79N13O6/c1-39(2)59(62(79)74-38-49(76)33-55(74)61(78)66-40(3)44-12-14-46(15-13-44)54-16-23-64-70(54)5)57-34-58(69-81-57)73-26-17-42(18-27-73)36-71-24-21-50(22-25-71)80-51-31-48(32-51)72-28-19-45(20-29-72)41(4)75-37-43(35-65-75)10-11-47-30-53(67-68-60(47)63)52-8-6-7-9-56(52)77/h6-9,12-16,23,30,34-35,37,39-42,45,48-51,55,59,76-77H,17-22,24-29,31-33,36,38H2,1-5H3,(H2,63,68)(H,66,78)/t40-,41+,48?,49+,51?,55-,59+/m0/s1. The second-order valence-corrected chi connectivity index (χ2v) is 23.8. The zero-order chi connectivity index (χ0) is 56.3. The number of nitrogens with one attached hydrogen (secondary N) is 1. The number of aromatic hydroxyl groups is 1. The molecule has 4 saturated heterocycles. The summed E-state index contributed by atoms with van der Waals surface area (Å²) in [7, 11) is 1.90. The Morgan fingerprint density at radius 3 is 2.33 bits per heavy atom. The molecule has 11 rings (SSSR count). The maximum atomic E-state index is 14.4.